The Morgan fingerprint density at radius 3 is 2.73 bits per heavy atom. The third kappa shape index (κ3) is 3.77. The van der Waals surface area contributed by atoms with Crippen LogP contribution in [0.1, 0.15) is 72.4 Å². The Hall–Kier alpha value is -2.28. The molecule has 2 heterocycles. The van der Waals surface area contributed by atoms with E-state index in [4.69, 9.17) is 5.73 Å². The summed E-state index contributed by atoms with van der Waals surface area (Å²) in [6, 6.07) is 4.54. The summed E-state index contributed by atoms with van der Waals surface area (Å²) in [6.45, 7) is 2.04. The summed E-state index contributed by atoms with van der Waals surface area (Å²) in [5, 5.41) is 11.4. The zero-order valence-corrected chi connectivity index (χ0v) is 15.1. The van der Waals surface area contributed by atoms with Gasteiger partial charge in [0, 0.05) is 12.2 Å². The fourth-order valence-corrected chi connectivity index (χ4v) is 3.73. The van der Waals surface area contributed by atoms with Crippen molar-refractivity contribution in [2.24, 2.45) is 11.7 Å². The maximum atomic E-state index is 12.7. The van der Waals surface area contributed by atoms with Gasteiger partial charge in [-0.15, -0.1) is 5.10 Å². The number of aryl methyl sites for hydroxylation is 1. The van der Waals surface area contributed by atoms with Gasteiger partial charge >= 0.3 is 0 Å². The Labute approximate surface area is 153 Å². The standard InChI is InChI=1S/C19H26N6O/c1-12-8-9-21-16(10-12)18(13-2-3-13)22-19(26)17-11-25(24-23-17)15-6-4-14(20)5-7-15/h8-11,13-15,18H,2-7,20H2,1H3,(H,22,26). The smallest absolute Gasteiger partial charge is 0.274 e. The quantitative estimate of drug-likeness (QED) is 0.858. The van der Waals surface area contributed by atoms with Crippen LogP contribution >= 0.6 is 0 Å². The molecular formula is C19H26N6O. The molecule has 2 aromatic heterocycles. The summed E-state index contributed by atoms with van der Waals surface area (Å²) in [4.78, 5) is 17.2. The van der Waals surface area contributed by atoms with Crippen molar-refractivity contribution in [2.75, 3.05) is 0 Å². The van der Waals surface area contributed by atoms with Crippen molar-refractivity contribution in [3.05, 3.63) is 41.5 Å². The molecule has 26 heavy (non-hydrogen) atoms. The number of hydrogen-bond donors (Lipinski definition) is 2. The first kappa shape index (κ1) is 17.1. The number of rotatable bonds is 5. The minimum atomic E-state index is -0.177. The van der Waals surface area contributed by atoms with Gasteiger partial charge in [-0.25, -0.2) is 4.68 Å². The van der Waals surface area contributed by atoms with E-state index in [1.807, 2.05) is 23.7 Å². The lowest BCUT2D eigenvalue weighted by atomic mass is 9.92. The normalized spacial score (nSPS) is 24.2. The van der Waals surface area contributed by atoms with Gasteiger partial charge in [0.2, 0.25) is 0 Å². The summed E-state index contributed by atoms with van der Waals surface area (Å²) in [5.74, 6) is 0.284. The summed E-state index contributed by atoms with van der Waals surface area (Å²) in [6.07, 6.45) is 9.78. The maximum Gasteiger partial charge on any atom is 0.274 e. The number of carbonyl (C=O) groups excluding carboxylic acids is 1. The minimum absolute atomic E-state index is 0.0553. The molecule has 4 rings (SSSR count). The molecule has 0 spiro atoms. The highest BCUT2D eigenvalue weighted by atomic mass is 16.2. The molecule has 1 amide bonds. The highest BCUT2D eigenvalue weighted by Gasteiger charge is 2.35. The van der Waals surface area contributed by atoms with Gasteiger partial charge in [0.25, 0.3) is 5.91 Å². The number of aromatic nitrogens is 4. The molecule has 0 aromatic carbocycles. The lowest BCUT2D eigenvalue weighted by Crippen LogP contribution is -2.31. The number of nitrogens with zero attached hydrogens (tertiary/aromatic N) is 4. The average molecular weight is 354 g/mol. The third-order valence-electron chi connectivity index (χ3n) is 5.49. The van der Waals surface area contributed by atoms with Crippen LogP contribution in [0.5, 0.6) is 0 Å². The Morgan fingerprint density at radius 1 is 1.27 bits per heavy atom. The first-order valence-corrected chi connectivity index (χ1v) is 9.51. The lowest BCUT2D eigenvalue weighted by molar-refractivity contribution is 0.0925. The van der Waals surface area contributed by atoms with E-state index >= 15 is 0 Å². The second-order valence-corrected chi connectivity index (χ2v) is 7.70. The Bertz CT molecular complexity index is 776. The molecule has 7 nitrogen and oxygen atoms in total. The summed E-state index contributed by atoms with van der Waals surface area (Å²) >= 11 is 0. The number of nitrogens with one attached hydrogen (secondary N) is 1. The molecule has 0 aliphatic heterocycles. The van der Waals surface area contributed by atoms with Crippen molar-refractivity contribution in [2.45, 2.75) is 63.6 Å². The Kier molecular flexibility index (Phi) is 4.72. The van der Waals surface area contributed by atoms with E-state index in [1.54, 1.807) is 12.4 Å². The Morgan fingerprint density at radius 2 is 2.04 bits per heavy atom. The van der Waals surface area contributed by atoms with Crippen LogP contribution in [0.4, 0.5) is 0 Å². The summed E-state index contributed by atoms with van der Waals surface area (Å²) in [7, 11) is 0. The van der Waals surface area contributed by atoms with Crippen LogP contribution < -0.4 is 11.1 Å². The average Bonchev–Trinajstić information content (AvgIpc) is 3.36. The molecule has 7 heteroatoms. The van der Waals surface area contributed by atoms with Crippen molar-refractivity contribution in [3.8, 4) is 0 Å². The highest BCUT2D eigenvalue weighted by Crippen LogP contribution is 2.40. The maximum absolute atomic E-state index is 12.7. The number of nitrogens with two attached hydrogens (primary N) is 1. The molecule has 0 radical (unpaired) electrons. The van der Waals surface area contributed by atoms with Crippen LogP contribution in [0.15, 0.2) is 24.5 Å². The fraction of sp³-hybridized carbons (Fsp3) is 0.579. The van der Waals surface area contributed by atoms with Gasteiger partial charge in [-0.2, -0.15) is 0 Å². The second kappa shape index (κ2) is 7.15. The number of pyridine rings is 1. The van der Waals surface area contributed by atoms with Gasteiger partial charge in [-0.3, -0.25) is 9.78 Å². The van der Waals surface area contributed by atoms with Crippen molar-refractivity contribution >= 4 is 5.91 Å². The van der Waals surface area contributed by atoms with E-state index in [0.29, 0.717) is 23.7 Å². The largest absolute Gasteiger partial charge is 0.342 e. The first-order chi connectivity index (χ1) is 12.6. The van der Waals surface area contributed by atoms with Gasteiger partial charge in [-0.05, 0) is 69.1 Å². The number of carbonyl (C=O) groups is 1. The van der Waals surface area contributed by atoms with E-state index in [2.05, 4.69) is 20.6 Å². The predicted molar refractivity (Wildman–Crippen MR) is 97.4 cm³/mol. The summed E-state index contributed by atoms with van der Waals surface area (Å²) < 4.78 is 1.83. The topological polar surface area (TPSA) is 98.7 Å². The molecule has 138 valence electrons. The SMILES string of the molecule is Cc1ccnc(C(NC(=O)c2cn(C3CCC(N)CC3)nn2)C2CC2)c1. The van der Waals surface area contributed by atoms with Crippen LogP contribution in [-0.4, -0.2) is 31.9 Å². The van der Waals surface area contributed by atoms with E-state index in [0.717, 1.165) is 49.8 Å². The molecule has 1 unspecified atom stereocenters. The molecule has 3 N–H and O–H groups in total. The van der Waals surface area contributed by atoms with Crippen molar-refractivity contribution in [3.63, 3.8) is 0 Å². The van der Waals surface area contributed by atoms with Crippen LogP contribution in [-0.2, 0) is 0 Å². The highest BCUT2D eigenvalue weighted by molar-refractivity contribution is 5.92. The Balaban J connectivity index is 1.45. The van der Waals surface area contributed by atoms with Crippen LogP contribution in [0.25, 0.3) is 0 Å². The van der Waals surface area contributed by atoms with Crippen LogP contribution in [0.2, 0.25) is 0 Å². The molecule has 2 aromatic rings. The van der Waals surface area contributed by atoms with Gasteiger partial charge in [0.1, 0.15) is 0 Å². The zero-order chi connectivity index (χ0) is 18.1. The van der Waals surface area contributed by atoms with Gasteiger partial charge < -0.3 is 11.1 Å². The van der Waals surface area contributed by atoms with E-state index in [-0.39, 0.29) is 11.9 Å². The monoisotopic (exact) mass is 354 g/mol. The molecule has 2 saturated carbocycles. The van der Waals surface area contributed by atoms with Crippen LogP contribution in [0.3, 0.4) is 0 Å². The third-order valence-corrected chi connectivity index (χ3v) is 5.49. The minimum Gasteiger partial charge on any atom is -0.342 e. The number of hydrogen-bond acceptors (Lipinski definition) is 5. The van der Waals surface area contributed by atoms with Crippen molar-refractivity contribution < 1.29 is 4.79 Å². The first-order valence-electron chi connectivity index (χ1n) is 9.51. The lowest BCUT2D eigenvalue weighted by Gasteiger charge is -2.25. The van der Waals surface area contributed by atoms with Crippen molar-refractivity contribution in [1.82, 2.24) is 25.3 Å². The molecule has 2 fully saturated rings. The predicted octanol–water partition coefficient (Wildman–Crippen LogP) is 2.31. The van der Waals surface area contributed by atoms with E-state index in [1.165, 1.54) is 0 Å². The van der Waals surface area contributed by atoms with E-state index < -0.39 is 0 Å². The fourth-order valence-electron chi connectivity index (χ4n) is 3.73. The molecule has 2 aliphatic rings. The molecule has 0 saturated heterocycles. The zero-order valence-electron chi connectivity index (χ0n) is 15.1. The second-order valence-electron chi connectivity index (χ2n) is 7.70. The summed E-state index contributed by atoms with van der Waals surface area (Å²) in [5.41, 5.74) is 8.42. The van der Waals surface area contributed by atoms with E-state index in [9.17, 15) is 4.79 Å². The van der Waals surface area contributed by atoms with Crippen molar-refractivity contribution in [1.29, 1.82) is 0 Å². The van der Waals surface area contributed by atoms with Gasteiger partial charge in [0.05, 0.1) is 24.0 Å². The molecular weight excluding hydrogens is 328 g/mol. The van der Waals surface area contributed by atoms with Crippen LogP contribution in [0, 0.1) is 12.8 Å². The molecule has 2 aliphatic carbocycles. The molecule has 1 atom stereocenters. The van der Waals surface area contributed by atoms with Gasteiger partial charge in [0.15, 0.2) is 5.69 Å². The van der Waals surface area contributed by atoms with Gasteiger partial charge in [-0.1, -0.05) is 5.21 Å². The number of amides is 1. The molecule has 0 bridgehead atoms.